The Bertz CT molecular complexity index is 690. The molecule has 21 heavy (non-hydrogen) atoms. The van der Waals surface area contributed by atoms with E-state index >= 15 is 0 Å². The summed E-state index contributed by atoms with van der Waals surface area (Å²) in [5, 5.41) is 13.7. The second kappa shape index (κ2) is 7.03. The summed E-state index contributed by atoms with van der Waals surface area (Å²) in [6, 6.07) is 8.13. The average molecular weight is 285 g/mol. The number of amides is 2. The predicted octanol–water partition coefficient (Wildman–Crippen LogP) is 2.21. The fourth-order valence-electron chi connectivity index (χ4n) is 1.53. The third-order valence-electron chi connectivity index (χ3n) is 2.42. The molecule has 0 aliphatic rings. The summed E-state index contributed by atoms with van der Waals surface area (Å²) in [6.07, 6.45) is 1.49. The number of aliphatic hydroxyl groups excluding tert-OH is 1. The summed E-state index contributed by atoms with van der Waals surface area (Å²) in [5.41, 5.74) is 1.08. The van der Waals surface area contributed by atoms with Crippen LogP contribution in [0.1, 0.15) is 5.56 Å². The molecule has 6 heteroatoms. The Hall–Kier alpha value is -2.91. The maximum atomic E-state index is 12.7. The Morgan fingerprint density at radius 1 is 1.24 bits per heavy atom. The molecule has 1 aromatic carbocycles. The molecule has 2 aromatic rings. The molecule has 0 bridgehead atoms. The van der Waals surface area contributed by atoms with Gasteiger partial charge in [0, 0.05) is 17.4 Å². The van der Waals surface area contributed by atoms with Gasteiger partial charge in [-0.05, 0) is 36.4 Å². The maximum Gasteiger partial charge on any atom is 0.324 e. The van der Waals surface area contributed by atoms with E-state index < -0.39 is 6.03 Å². The van der Waals surface area contributed by atoms with Crippen molar-refractivity contribution < 1.29 is 14.3 Å². The van der Waals surface area contributed by atoms with Gasteiger partial charge in [0.1, 0.15) is 18.2 Å². The van der Waals surface area contributed by atoms with Crippen LogP contribution >= 0.6 is 0 Å². The lowest BCUT2D eigenvalue weighted by Gasteiger charge is -2.07. The molecule has 0 fully saturated rings. The molecule has 0 aliphatic carbocycles. The van der Waals surface area contributed by atoms with Crippen molar-refractivity contribution in [3.8, 4) is 11.8 Å². The fourth-order valence-corrected chi connectivity index (χ4v) is 1.53. The van der Waals surface area contributed by atoms with Crippen LogP contribution in [-0.4, -0.2) is 22.7 Å². The minimum absolute atomic E-state index is 0.240. The van der Waals surface area contributed by atoms with Crippen LogP contribution < -0.4 is 10.6 Å². The van der Waals surface area contributed by atoms with E-state index in [2.05, 4.69) is 27.5 Å². The minimum Gasteiger partial charge on any atom is -0.384 e. The van der Waals surface area contributed by atoms with Crippen molar-refractivity contribution in [2.45, 2.75) is 0 Å². The highest BCUT2D eigenvalue weighted by molar-refractivity contribution is 5.99. The van der Waals surface area contributed by atoms with Gasteiger partial charge in [-0.15, -0.1) is 0 Å². The maximum absolute atomic E-state index is 12.7. The molecule has 2 rings (SSSR count). The number of aromatic nitrogens is 1. The number of halogens is 1. The molecule has 0 radical (unpaired) electrons. The van der Waals surface area contributed by atoms with Gasteiger partial charge in [0.25, 0.3) is 0 Å². The number of nitrogens with one attached hydrogen (secondary N) is 2. The van der Waals surface area contributed by atoms with Crippen molar-refractivity contribution in [3.63, 3.8) is 0 Å². The SMILES string of the molecule is O=C(Nc1ccc(F)cc1)Nc1cc(C#CCO)ccn1. The molecule has 0 unspecified atom stereocenters. The van der Waals surface area contributed by atoms with Gasteiger partial charge < -0.3 is 10.4 Å². The summed E-state index contributed by atoms with van der Waals surface area (Å²) in [4.78, 5) is 15.7. The summed E-state index contributed by atoms with van der Waals surface area (Å²) >= 11 is 0. The van der Waals surface area contributed by atoms with Gasteiger partial charge in [0.05, 0.1) is 0 Å². The standard InChI is InChI=1S/C15H12FN3O2/c16-12-3-5-13(6-4-12)18-15(21)19-14-10-11(2-1-9-20)7-8-17-14/h3-8,10,20H,9H2,(H2,17,18,19,21). The molecule has 106 valence electrons. The van der Waals surface area contributed by atoms with Crippen LogP contribution in [0.4, 0.5) is 20.7 Å². The van der Waals surface area contributed by atoms with Crippen molar-refractivity contribution in [1.82, 2.24) is 4.98 Å². The van der Waals surface area contributed by atoms with Crippen LogP contribution in [-0.2, 0) is 0 Å². The molecule has 1 aromatic heterocycles. The highest BCUT2D eigenvalue weighted by Gasteiger charge is 2.04. The number of rotatable bonds is 2. The number of benzene rings is 1. The van der Waals surface area contributed by atoms with Crippen LogP contribution in [0.5, 0.6) is 0 Å². The molecule has 0 saturated heterocycles. The summed E-state index contributed by atoms with van der Waals surface area (Å²) in [5.74, 6) is 5.16. The van der Waals surface area contributed by atoms with Crippen LogP contribution in [0, 0.1) is 17.7 Å². The molecule has 5 nitrogen and oxygen atoms in total. The molecular formula is C15H12FN3O2. The number of hydrogen-bond donors (Lipinski definition) is 3. The van der Waals surface area contributed by atoms with Crippen LogP contribution in [0.15, 0.2) is 42.6 Å². The van der Waals surface area contributed by atoms with Gasteiger partial charge >= 0.3 is 6.03 Å². The number of nitrogens with zero attached hydrogens (tertiary/aromatic N) is 1. The molecule has 1 heterocycles. The molecule has 0 atom stereocenters. The highest BCUT2D eigenvalue weighted by Crippen LogP contribution is 2.10. The molecule has 2 amide bonds. The van der Waals surface area contributed by atoms with E-state index in [0.717, 1.165) is 0 Å². The molecular weight excluding hydrogens is 273 g/mol. The number of anilines is 2. The second-order valence-corrected chi connectivity index (χ2v) is 3.98. The molecule has 3 N–H and O–H groups in total. The van der Waals surface area contributed by atoms with E-state index in [9.17, 15) is 9.18 Å². The van der Waals surface area contributed by atoms with E-state index in [4.69, 9.17) is 5.11 Å². The van der Waals surface area contributed by atoms with E-state index in [1.54, 1.807) is 12.1 Å². The normalized spacial score (nSPS) is 9.43. The Morgan fingerprint density at radius 3 is 2.71 bits per heavy atom. The molecule has 0 saturated carbocycles. The van der Waals surface area contributed by atoms with Gasteiger partial charge in [0.15, 0.2) is 0 Å². The average Bonchev–Trinajstić information content (AvgIpc) is 2.48. The lowest BCUT2D eigenvalue weighted by atomic mass is 10.2. The Labute approximate surface area is 120 Å². The minimum atomic E-state index is -0.499. The van der Waals surface area contributed by atoms with E-state index in [0.29, 0.717) is 17.1 Å². The quantitative estimate of drug-likeness (QED) is 0.741. The zero-order valence-corrected chi connectivity index (χ0v) is 10.9. The second-order valence-electron chi connectivity index (χ2n) is 3.98. The largest absolute Gasteiger partial charge is 0.384 e. The Kier molecular flexibility index (Phi) is 4.85. The van der Waals surface area contributed by atoms with Crippen molar-refractivity contribution in [2.75, 3.05) is 17.2 Å². The van der Waals surface area contributed by atoms with E-state index in [1.807, 2.05) is 0 Å². The zero-order valence-electron chi connectivity index (χ0n) is 10.9. The predicted molar refractivity (Wildman–Crippen MR) is 77.2 cm³/mol. The molecule has 0 aliphatic heterocycles. The van der Waals surface area contributed by atoms with E-state index in [-0.39, 0.29) is 12.4 Å². The van der Waals surface area contributed by atoms with Gasteiger partial charge in [-0.25, -0.2) is 14.2 Å². The van der Waals surface area contributed by atoms with Crippen molar-refractivity contribution in [1.29, 1.82) is 0 Å². The van der Waals surface area contributed by atoms with Gasteiger partial charge in [0.2, 0.25) is 0 Å². The van der Waals surface area contributed by atoms with Gasteiger partial charge in [-0.3, -0.25) is 5.32 Å². The van der Waals surface area contributed by atoms with E-state index in [1.165, 1.54) is 30.5 Å². The topological polar surface area (TPSA) is 74.2 Å². The number of carbonyl (C=O) groups is 1. The first-order chi connectivity index (χ1) is 10.2. The first-order valence-corrected chi connectivity index (χ1v) is 6.07. The highest BCUT2D eigenvalue weighted by atomic mass is 19.1. The smallest absolute Gasteiger partial charge is 0.324 e. The third kappa shape index (κ3) is 4.60. The Morgan fingerprint density at radius 2 is 2.00 bits per heavy atom. The van der Waals surface area contributed by atoms with Crippen LogP contribution in [0.3, 0.4) is 0 Å². The van der Waals surface area contributed by atoms with Crippen LogP contribution in [0.25, 0.3) is 0 Å². The van der Waals surface area contributed by atoms with Crippen molar-refractivity contribution >= 4 is 17.5 Å². The lowest BCUT2D eigenvalue weighted by Crippen LogP contribution is -2.20. The monoisotopic (exact) mass is 285 g/mol. The lowest BCUT2D eigenvalue weighted by molar-refractivity contribution is 0.262. The first kappa shape index (κ1) is 14.5. The number of hydrogen-bond acceptors (Lipinski definition) is 3. The number of pyridine rings is 1. The van der Waals surface area contributed by atoms with Crippen LogP contribution in [0.2, 0.25) is 0 Å². The van der Waals surface area contributed by atoms with Crippen molar-refractivity contribution in [2.24, 2.45) is 0 Å². The zero-order chi connectivity index (χ0) is 15.1. The fraction of sp³-hybridized carbons (Fsp3) is 0.0667. The first-order valence-electron chi connectivity index (χ1n) is 6.07. The summed E-state index contributed by atoms with van der Waals surface area (Å²) < 4.78 is 12.7. The summed E-state index contributed by atoms with van der Waals surface area (Å²) in [7, 11) is 0. The number of carbonyl (C=O) groups excluding carboxylic acids is 1. The van der Waals surface area contributed by atoms with Gasteiger partial charge in [-0.1, -0.05) is 11.8 Å². The number of urea groups is 1. The Balaban J connectivity index is 2.00. The third-order valence-corrected chi connectivity index (χ3v) is 2.42. The number of aliphatic hydroxyl groups is 1. The summed E-state index contributed by atoms with van der Waals surface area (Å²) in [6.45, 7) is -0.240. The molecule has 0 spiro atoms. The van der Waals surface area contributed by atoms with Gasteiger partial charge in [-0.2, -0.15) is 0 Å². The van der Waals surface area contributed by atoms with Crippen molar-refractivity contribution in [3.05, 3.63) is 54.0 Å².